The molecule has 0 aliphatic heterocycles. The van der Waals surface area contributed by atoms with Crippen LogP contribution in [0, 0.1) is 17.2 Å². The minimum Gasteiger partial charge on any atom is -0.300 e. The first-order valence-electron chi connectivity index (χ1n) is 8.22. The largest absolute Gasteiger partial charge is 0.300 e. The van der Waals surface area contributed by atoms with Crippen molar-refractivity contribution >= 4 is 34.1 Å². The van der Waals surface area contributed by atoms with Crippen LogP contribution in [0.3, 0.4) is 0 Å². The molecule has 0 unspecified atom stereocenters. The first kappa shape index (κ1) is 19.8. The topological polar surface area (TPSA) is 54.9 Å². The Balaban J connectivity index is 1.82. The summed E-state index contributed by atoms with van der Waals surface area (Å²) < 4.78 is 14.3. The van der Waals surface area contributed by atoms with Crippen molar-refractivity contribution in [2.45, 2.75) is 50.6 Å². The summed E-state index contributed by atoms with van der Waals surface area (Å²) >= 11 is 2.72. The molecule has 25 heavy (non-hydrogen) atoms. The Labute approximate surface area is 156 Å². The third-order valence-corrected chi connectivity index (χ3v) is 5.48. The second kappa shape index (κ2) is 8.76. The third-order valence-electron chi connectivity index (χ3n) is 3.46. The van der Waals surface area contributed by atoms with E-state index in [9.17, 15) is 9.18 Å². The molecule has 136 valence electrons. The first-order chi connectivity index (χ1) is 11.7. The number of hydrogen-bond acceptors (Lipinski definition) is 5. The van der Waals surface area contributed by atoms with Crippen LogP contribution >= 0.6 is 23.1 Å². The predicted molar refractivity (Wildman–Crippen MR) is 102 cm³/mol. The lowest BCUT2D eigenvalue weighted by atomic mass is 9.84. The van der Waals surface area contributed by atoms with E-state index < -0.39 is 0 Å². The molecule has 2 aromatic rings. The molecule has 1 aromatic heterocycles. The summed E-state index contributed by atoms with van der Waals surface area (Å²) in [6.45, 7) is 8.60. The van der Waals surface area contributed by atoms with E-state index in [1.54, 1.807) is 12.1 Å². The molecule has 1 atom stereocenters. The summed E-state index contributed by atoms with van der Waals surface area (Å²) in [4.78, 5) is 12.1. The minimum absolute atomic E-state index is 0.0430. The molecule has 0 saturated carbocycles. The van der Waals surface area contributed by atoms with Gasteiger partial charge in [0.1, 0.15) is 5.82 Å². The number of halogens is 1. The Bertz CT molecular complexity index is 712. The molecular formula is C18H24FN3OS2. The fourth-order valence-electron chi connectivity index (χ4n) is 2.68. The molecule has 0 fully saturated rings. The van der Waals surface area contributed by atoms with Gasteiger partial charge in [-0.1, -0.05) is 69.0 Å². The number of thioether (sulfide) groups is 1. The van der Waals surface area contributed by atoms with Gasteiger partial charge in [-0.15, -0.1) is 10.2 Å². The Hall–Kier alpha value is -1.47. The van der Waals surface area contributed by atoms with Gasteiger partial charge < -0.3 is 5.32 Å². The average Bonchev–Trinajstić information content (AvgIpc) is 2.91. The molecule has 1 aromatic carbocycles. The number of nitrogens with zero attached hydrogens (tertiary/aromatic N) is 2. The van der Waals surface area contributed by atoms with Crippen molar-refractivity contribution in [2.24, 2.45) is 11.3 Å². The van der Waals surface area contributed by atoms with Gasteiger partial charge in [-0.3, -0.25) is 4.79 Å². The fourth-order valence-corrected chi connectivity index (χ4v) is 4.43. The van der Waals surface area contributed by atoms with E-state index in [0.29, 0.717) is 33.1 Å². The number of anilines is 1. The van der Waals surface area contributed by atoms with Crippen molar-refractivity contribution in [2.75, 3.05) is 5.32 Å². The maximum absolute atomic E-state index is 13.6. The second-order valence-corrected chi connectivity index (χ2v) is 9.58. The van der Waals surface area contributed by atoms with Crippen LogP contribution in [0.25, 0.3) is 0 Å². The van der Waals surface area contributed by atoms with Crippen LogP contribution in [0.5, 0.6) is 0 Å². The van der Waals surface area contributed by atoms with Crippen LogP contribution < -0.4 is 5.32 Å². The summed E-state index contributed by atoms with van der Waals surface area (Å²) in [7, 11) is 0. The van der Waals surface area contributed by atoms with E-state index >= 15 is 0 Å². The normalized spacial score (nSPS) is 12.8. The second-order valence-electron chi connectivity index (χ2n) is 7.38. The zero-order valence-corrected chi connectivity index (χ0v) is 16.6. The van der Waals surface area contributed by atoms with Gasteiger partial charge in [0.05, 0.1) is 0 Å². The molecule has 7 heteroatoms. The smallest absolute Gasteiger partial charge is 0.226 e. The monoisotopic (exact) mass is 381 g/mol. The Morgan fingerprint density at radius 1 is 1.32 bits per heavy atom. The van der Waals surface area contributed by atoms with Gasteiger partial charge in [0.25, 0.3) is 0 Å². The van der Waals surface area contributed by atoms with Crippen molar-refractivity contribution in [1.29, 1.82) is 0 Å². The number of carbonyl (C=O) groups is 1. The molecule has 0 aliphatic rings. The Morgan fingerprint density at radius 2 is 2.04 bits per heavy atom. The number of nitrogens with one attached hydrogen (secondary N) is 1. The van der Waals surface area contributed by atoms with E-state index in [0.717, 1.165) is 6.42 Å². The van der Waals surface area contributed by atoms with E-state index in [1.807, 2.05) is 6.07 Å². The molecule has 2 rings (SSSR count). The van der Waals surface area contributed by atoms with Gasteiger partial charge >= 0.3 is 0 Å². The summed E-state index contributed by atoms with van der Waals surface area (Å²) in [5, 5.41) is 11.3. The van der Waals surface area contributed by atoms with Gasteiger partial charge in [-0.25, -0.2) is 4.39 Å². The van der Waals surface area contributed by atoms with E-state index in [2.05, 4.69) is 43.2 Å². The molecule has 4 nitrogen and oxygen atoms in total. The standard InChI is InChI=1S/C18H24FN3OS2/c1-12(10-18(2,3)4)9-15(23)20-16-21-22-17(25-16)24-11-13-7-5-6-8-14(13)19/h5-8,12H,9-11H2,1-4H3,(H,20,21,23)/t12-/m0/s1. The van der Waals surface area contributed by atoms with Crippen molar-refractivity contribution in [3.05, 3.63) is 35.6 Å². The number of rotatable bonds is 7. The highest BCUT2D eigenvalue weighted by Gasteiger charge is 2.18. The molecule has 0 saturated heterocycles. The summed E-state index contributed by atoms with van der Waals surface area (Å²) in [5.74, 6) is 0.528. The van der Waals surface area contributed by atoms with Gasteiger partial charge in [0.15, 0.2) is 4.34 Å². The number of carbonyl (C=O) groups excluding carboxylic acids is 1. The van der Waals surface area contributed by atoms with E-state index in [-0.39, 0.29) is 17.1 Å². The van der Waals surface area contributed by atoms with E-state index in [4.69, 9.17) is 0 Å². The summed E-state index contributed by atoms with van der Waals surface area (Å²) in [6, 6.07) is 6.68. The molecule has 1 N–H and O–H groups in total. The summed E-state index contributed by atoms with van der Waals surface area (Å²) in [5.41, 5.74) is 0.836. The zero-order valence-electron chi connectivity index (χ0n) is 15.0. The minimum atomic E-state index is -0.221. The van der Waals surface area contributed by atoms with Gasteiger partial charge in [-0.2, -0.15) is 0 Å². The quantitative estimate of drug-likeness (QED) is 0.517. The SMILES string of the molecule is C[C@@H](CC(=O)Nc1nnc(SCc2ccccc2F)s1)CC(C)(C)C. The highest BCUT2D eigenvalue weighted by molar-refractivity contribution is 8.00. The molecule has 0 aliphatic carbocycles. The van der Waals surface area contributed by atoms with Gasteiger partial charge in [0, 0.05) is 12.2 Å². The molecule has 1 amide bonds. The van der Waals surface area contributed by atoms with Crippen LogP contribution in [0.2, 0.25) is 0 Å². The maximum atomic E-state index is 13.6. The molecular weight excluding hydrogens is 357 g/mol. The van der Waals surface area contributed by atoms with Crippen LogP contribution in [0.15, 0.2) is 28.6 Å². The lowest BCUT2D eigenvalue weighted by Gasteiger charge is -2.22. The maximum Gasteiger partial charge on any atom is 0.226 e. The van der Waals surface area contributed by atoms with Crippen LogP contribution in [0.4, 0.5) is 9.52 Å². The average molecular weight is 382 g/mol. The van der Waals surface area contributed by atoms with E-state index in [1.165, 1.54) is 29.2 Å². The zero-order chi connectivity index (χ0) is 18.4. The molecule has 0 radical (unpaired) electrons. The predicted octanol–water partition coefficient (Wildman–Crippen LogP) is 5.37. The van der Waals surface area contributed by atoms with Crippen molar-refractivity contribution in [3.8, 4) is 0 Å². The lowest BCUT2D eigenvalue weighted by molar-refractivity contribution is -0.117. The molecule has 1 heterocycles. The van der Waals surface area contributed by atoms with Gasteiger partial charge in [-0.05, 0) is 29.4 Å². The molecule has 0 bridgehead atoms. The third kappa shape index (κ3) is 7.12. The number of benzene rings is 1. The van der Waals surface area contributed by atoms with Crippen LogP contribution in [0.1, 0.15) is 46.1 Å². The van der Waals surface area contributed by atoms with Crippen LogP contribution in [-0.2, 0) is 10.5 Å². The molecule has 0 spiro atoms. The van der Waals surface area contributed by atoms with Crippen molar-refractivity contribution in [1.82, 2.24) is 10.2 Å². The van der Waals surface area contributed by atoms with Crippen LogP contribution in [-0.4, -0.2) is 16.1 Å². The Morgan fingerprint density at radius 3 is 2.72 bits per heavy atom. The van der Waals surface area contributed by atoms with Crippen molar-refractivity contribution < 1.29 is 9.18 Å². The highest BCUT2D eigenvalue weighted by Crippen LogP contribution is 2.30. The number of aromatic nitrogens is 2. The first-order valence-corrected chi connectivity index (χ1v) is 10.0. The number of hydrogen-bond donors (Lipinski definition) is 1. The number of amides is 1. The van der Waals surface area contributed by atoms with Crippen molar-refractivity contribution in [3.63, 3.8) is 0 Å². The highest BCUT2D eigenvalue weighted by atomic mass is 32.2. The van der Waals surface area contributed by atoms with Gasteiger partial charge in [0.2, 0.25) is 11.0 Å². The fraction of sp³-hybridized carbons (Fsp3) is 0.500. The lowest BCUT2D eigenvalue weighted by Crippen LogP contribution is -2.18. The summed E-state index contributed by atoms with van der Waals surface area (Å²) in [6.07, 6.45) is 1.45. The Kier molecular flexibility index (Phi) is 6.95.